The lowest BCUT2D eigenvalue weighted by molar-refractivity contribution is 0.194. The summed E-state index contributed by atoms with van der Waals surface area (Å²) < 4.78 is 1.25. The zero-order valence-electron chi connectivity index (χ0n) is 14.8. The third kappa shape index (κ3) is 3.68. The molecule has 0 radical (unpaired) electrons. The van der Waals surface area contributed by atoms with Gasteiger partial charge in [-0.3, -0.25) is 0 Å². The number of hydrogen-bond acceptors (Lipinski definition) is 5. The van der Waals surface area contributed by atoms with E-state index in [1.807, 2.05) is 22.4 Å². The quantitative estimate of drug-likeness (QED) is 0.739. The second kappa shape index (κ2) is 7.63. The molecule has 136 valence electrons. The third-order valence-electron chi connectivity index (χ3n) is 4.68. The van der Waals surface area contributed by atoms with Gasteiger partial charge in [-0.1, -0.05) is 30.4 Å². The Morgan fingerprint density at radius 2 is 2.08 bits per heavy atom. The number of thiazole rings is 1. The fraction of sp³-hybridized carbons (Fsp3) is 0.368. The highest BCUT2D eigenvalue weighted by Gasteiger charge is 2.23. The molecule has 0 bridgehead atoms. The molecule has 1 aromatic carbocycles. The summed E-state index contributed by atoms with van der Waals surface area (Å²) in [7, 11) is 0. The van der Waals surface area contributed by atoms with Gasteiger partial charge in [-0.25, -0.2) is 9.78 Å². The molecular weight excluding hydrogens is 364 g/mol. The first-order valence-electron chi connectivity index (χ1n) is 8.92. The van der Waals surface area contributed by atoms with Gasteiger partial charge in [0.25, 0.3) is 0 Å². The molecule has 1 aliphatic rings. The number of piperazine rings is 1. The molecule has 0 unspecified atom stereocenters. The molecule has 3 aromatic rings. The Morgan fingerprint density at radius 1 is 1.23 bits per heavy atom. The van der Waals surface area contributed by atoms with E-state index in [-0.39, 0.29) is 6.03 Å². The Kier molecular flexibility index (Phi) is 5.08. The number of nitrogens with one attached hydrogen (secondary N) is 1. The maximum atomic E-state index is 12.3. The van der Waals surface area contributed by atoms with E-state index >= 15 is 0 Å². The Morgan fingerprint density at radius 3 is 2.81 bits per heavy atom. The van der Waals surface area contributed by atoms with Gasteiger partial charge < -0.3 is 15.1 Å². The minimum Gasteiger partial charge on any atom is -0.345 e. The van der Waals surface area contributed by atoms with E-state index < -0.39 is 0 Å². The number of nitrogens with zero attached hydrogens (tertiary/aromatic N) is 3. The first kappa shape index (κ1) is 17.3. The van der Waals surface area contributed by atoms with Gasteiger partial charge in [0.15, 0.2) is 5.13 Å². The molecule has 2 amide bonds. The fourth-order valence-corrected chi connectivity index (χ4v) is 4.83. The number of aromatic nitrogens is 1. The van der Waals surface area contributed by atoms with Crippen LogP contribution >= 0.6 is 22.7 Å². The van der Waals surface area contributed by atoms with E-state index in [0.717, 1.165) is 43.2 Å². The topological polar surface area (TPSA) is 48.5 Å². The fourth-order valence-electron chi connectivity index (χ4n) is 3.10. The summed E-state index contributed by atoms with van der Waals surface area (Å²) in [6.45, 7) is 5.89. The maximum Gasteiger partial charge on any atom is 0.317 e. The third-order valence-corrected chi connectivity index (χ3v) is 6.64. The van der Waals surface area contributed by atoms with E-state index in [9.17, 15) is 4.79 Å². The largest absolute Gasteiger partial charge is 0.345 e. The number of aryl methyl sites for hydroxylation is 1. The highest BCUT2D eigenvalue weighted by molar-refractivity contribution is 7.22. The van der Waals surface area contributed by atoms with Crippen LogP contribution in [-0.4, -0.2) is 42.1 Å². The molecule has 1 aliphatic heterocycles. The molecule has 0 atom stereocenters. The molecule has 1 fully saturated rings. The van der Waals surface area contributed by atoms with Crippen LogP contribution in [0.15, 0.2) is 35.7 Å². The van der Waals surface area contributed by atoms with Crippen molar-refractivity contribution >= 4 is 44.1 Å². The zero-order valence-corrected chi connectivity index (χ0v) is 16.4. The zero-order chi connectivity index (χ0) is 17.9. The maximum absolute atomic E-state index is 12.3. The Balaban J connectivity index is 1.35. The lowest BCUT2D eigenvalue weighted by Crippen LogP contribution is -2.51. The van der Waals surface area contributed by atoms with Crippen LogP contribution in [0.1, 0.15) is 17.4 Å². The SMILES string of the molecule is CCc1ccc2nc(N3CCN(C(=O)NCc4cccs4)CC3)sc2c1. The summed E-state index contributed by atoms with van der Waals surface area (Å²) in [5.41, 5.74) is 2.42. The van der Waals surface area contributed by atoms with Crippen LogP contribution < -0.4 is 10.2 Å². The number of rotatable bonds is 4. The molecule has 1 N–H and O–H groups in total. The second-order valence-electron chi connectivity index (χ2n) is 6.36. The van der Waals surface area contributed by atoms with Gasteiger partial charge in [0.05, 0.1) is 16.8 Å². The number of amides is 2. The van der Waals surface area contributed by atoms with E-state index in [0.29, 0.717) is 6.54 Å². The molecule has 0 saturated carbocycles. The van der Waals surface area contributed by atoms with Crippen molar-refractivity contribution in [3.63, 3.8) is 0 Å². The molecule has 1 saturated heterocycles. The van der Waals surface area contributed by atoms with Crippen molar-refractivity contribution in [2.24, 2.45) is 0 Å². The van der Waals surface area contributed by atoms with Crippen LogP contribution in [0.5, 0.6) is 0 Å². The summed E-state index contributed by atoms with van der Waals surface area (Å²) in [5, 5.41) is 6.10. The summed E-state index contributed by atoms with van der Waals surface area (Å²) >= 11 is 3.41. The summed E-state index contributed by atoms with van der Waals surface area (Å²) in [5.74, 6) is 0. The normalized spacial score (nSPS) is 14.8. The van der Waals surface area contributed by atoms with Gasteiger partial charge in [-0.15, -0.1) is 11.3 Å². The van der Waals surface area contributed by atoms with Gasteiger partial charge in [-0.05, 0) is 35.6 Å². The number of anilines is 1. The first-order valence-corrected chi connectivity index (χ1v) is 10.6. The first-order chi connectivity index (χ1) is 12.7. The van der Waals surface area contributed by atoms with Crippen molar-refractivity contribution in [2.75, 3.05) is 31.1 Å². The van der Waals surface area contributed by atoms with Crippen molar-refractivity contribution in [2.45, 2.75) is 19.9 Å². The summed E-state index contributed by atoms with van der Waals surface area (Å²) in [6, 6.07) is 10.6. The predicted molar refractivity (Wildman–Crippen MR) is 109 cm³/mol. The van der Waals surface area contributed by atoms with Gasteiger partial charge >= 0.3 is 6.03 Å². The minimum atomic E-state index is 0.0231. The van der Waals surface area contributed by atoms with Crippen LogP contribution in [-0.2, 0) is 13.0 Å². The molecule has 7 heteroatoms. The molecule has 0 spiro atoms. The van der Waals surface area contributed by atoms with Gasteiger partial charge in [0, 0.05) is 31.1 Å². The molecule has 2 aromatic heterocycles. The average molecular weight is 387 g/mol. The van der Waals surface area contributed by atoms with Crippen LogP contribution in [0, 0.1) is 0 Å². The van der Waals surface area contributed by atoms with E-state index in [1.165, 1.54) is 15.1 Å². The van der Waals surface area contributed by atoms with Crippen LogP contribution in [0.4, 0.5) is 9.93 Å². The number of urea groups is 1. The van der Waals surface area contributed by atoms with E-state index in [2.05, 4.69) is 35.3 Å². The van der Waals surface area contributed by atoms with E-state index in [1.54, 1.807) is 22.7 Å². The number of benzene rings is 1. The van der Waals surface area contributed by atoms with Crippen LogP contribution in [0.25, 0.3) is 10.2 Å². The number of fused-ring (bicyclic) bond motifs is 1. The van der Waals surface area contributed by atoms with Crippen molar-refractivity contribution in [3.05, 3.63) is 46.2 Å². The minimum absolute atomic E-state index is 0.0231. The summed E-state index contributed by atoms with van der Waals surface area (Å²) in [6.07, 6.45) is 1.04. The Labute approximate surface area is 161 Å². The highest BCUT2D eigenvalue weighted by Crippen LogP contribution is 2.30. The molecule has 5 nitrogen and oxygen atoms in total. The lowest BCUT2D eigenvalue weighted by Gasteiger charge is -2.34. The van der Waals surface area contributed by atoms with Crippen LogP contribution in [0.2, 0.25) is 0 Å². The van der Waals surface area contributed by atoms with Gasteiger partial charge in [0.2, 0.25) is 0 Å². The molecule has 26 heavy (non-hydrogen) atoms. The van der Waals surface area contributed by atoms with Gasteiger partial charge in [-0.2, -0.15) is 0 Å². The monoisotopic (exact) mass is 386 g/mol. The number of carbonyl (C=O) groups excluding carboxylic acids is 1. The number of thiophene rings is 1. The van der Waals surface area contributed by atoms with Crippen molar-refractivity contribution < 1.29 is 4.79 Å². The Bertz CT molecular complexity index is 882. The van der Waals surface area contributed by atoms with Crippen molar-refractivity contribution in [1.29, 1.82) is 0 Å². The van der Waals surface area contributed by atoms with Crippen LogP contribution in [0.3, 0.4) is 0 Å². The molecular formula is C19H22N4OS2. The standard InChI is InChI=1S/C19H22N4OS2/c1-2-14-5-6-16-17(12-14)26-19(21-16)23-9-7-22(8-10-23)18(24)20-13-15-4-3-11-25-15/h3-6,11-12H,2,7-10,13H2,1H3,(H,20,24). The highest BCUT2D eigenvalue weighted by atomic mass is 32.1. The van der Waals surface area contributed by atoms with E-state index in [4.69, 9.17) is 4.98 Å². The number of hydrogen-bond donors (Lipinski definition) is 1. The molecule has 0 aliphatic carbocycles. The van der Waals surface area contributed by atoms with Crippen molar-refractivity contribution in [3.8, 4) is 0 Å². The molecule has 3 heterocycles. The lowest BCUT2D eigenvalue weighted by atomic mass is 10.2. The molecule has 4 rings (SSSR count). The van der Waals surface area contributed by atoms with Gasteiger partial charge in [0.1, 0.15) is 0 Å². The van der Waals surface area contributed by atoms with Crippen molar-refractivity contribution in [1.82, 2.24) is 15.2 Å². The smallest absolute Gasteiger partial charge is 0.317 e. The average Bonchev–Trinajstić information content (AvgIpc) is 3.35. The predicted octanol–water partition coefficient (Wildman–Crippen LogP) is 3.95. The Hall–Kier alpha value is -2.12. The second-order valence-corrected chi connectivity index (χ2v) is 8.41. The number of carbonyl (C=O) groups is 1. The summed E-state index contributed by atoms with van der Waals surface area (Å²) in [4.78, 5) is 22.5.